The molecule has 220 valence electrons. The largest absolute Gasteiger partial charge is 0.264 e. The van der Waals surface area contributed by atoms with Crippen LogP contribution in [0.25, 0.3) is 76.8 Å². The lowest BCUT2D eigenvalue weighted by Crippen LogP contribution is -2.10. The highest BCUT2D eigenvalue weighted by atomic mass is 14.6. The van der Waals surface area contributed by atoms with Crippen molar-refractivity contribution in [3.05, 3.63) is 164 Å². The molecule has 0 saturated carbocycles. The Hall–Kier alpha value is -5.53. The van der Waals surface area contributed by atoms with Gasteiger partial charge in [-0.1, -0.05) is 148 Å². The van der Waals surface area contributed by atoms with Crippen molar-refractivity contribution in [1.29, 1.82) is 0 Å². The predicted molar refractivity (Wildman–Crippen MR) is 197 cm³/mol. The standard InChI is InChI=1S/C45H35N/c1-45(2,3)38-12-8-10-34(28-38)43-39-13-4-6-15-41(39)44(42-16-7-5-14-40(42)43)35-24-22-32-21-23-33(26-37(32)27-35)30-17-19-31(20-18-30)36-11-9-25-46-29-36/h4-29H,1-3H3. The van der Waals surface area contributed by atoms with Gasteiger partial charge in [-0.15, -0.1) is 0 Å². The van der Waals surface area contributed by atoms with Crippen molar-refractivity contribution in [2.45, 2.75) is 26.2 Å². The molecular formula is C45H35N. The van der Waals surface area contributed by atoms with Crippen LogP contribution in [0.15, 0.2) is 158 Å². The highest BCUT2D eigenvalue weighted by Crippen LogP contribution is 2.44. The third-order valence-corrected chi connectivity index (χ3v) is 9.29. The number of fused-ring (bicyclic) bond motifs is 3. The van der Waals surface area contributed by atoms with Crippen molar-refractivity contribution in [3.63, 3.8) is 0 Å². The molecule has 0 saturated heterocycles. The molecule has 0 spiro atoms. The van der Waals surface area contributed by atoms with Crippen LogP contribution in [0.5, 0.6) is 0 Å². The monoisotopic (exact) mass is 589 g/mol. The summed E-state index contributed by atoms with van der Waals surface area (Å²) in [4.78, 5) is 4.28. The van der Waals surface area contributed by atoms with Crippen molar-refractivity contribution >= 4 is 32.3 Å². The molecule has 7 aromatic carbocycles. The summed E-state index contributed by atoms with van der Waals surface area (Å²) in [5.74, 6) is 0. The van der Waals surface area contributed by atoms with Crippen LogP contribution in [-0.4, -0.2) is 4.98 Å². The van der Waals surface area contributed by atoms with E-state index in [0.29, 0.717) is 0 Å². The smallest absolute Gasteiger partial charge is 0.0346 e. The Balaban J connectivity index is 1.29. The third-order valence-electron chi connectivity index (χ3n) is 9.29. The first-order chi connectivity index (χ1) is 22.4. The van der Waals surface area contributed by atoms with Gasteiger partial charge >= 0.3 is 0 Å². The molecule has 0 N–H and O–H groups in total. The molecule has 1 aromatic heterocycles. The fraction of sp³-hybridized carbons (Fsp3) is 0.0889. The number of hydrogen-bond donors (Lipinski definition) is 0. The predicted octanol–water partition coefficient (Wildman–Crippen LogP) is 12.5. The molecule has 0 aliphatic heterocycles. The van der Waals surface area contributed by atoms with E-state index in [9.17, 15) is 0 Å². The first-order valence-corrected chi connectivity index (χ1v) is 16.0. The van der Waals surface area contributed by atoms with E-state index < -0.39 is 0 Å². The lowest BCUT2D eigenvalue weighted by Gasteiger charge is -2.22. The molecular weight excluding hydrogens is 555 g/mol. The molecule has 0 amide bonds. The summed E-state index contributed by atoms with van der Waals surface area (Å²) in [6.45, 7) is 6.86. The second kappa shape index (κ2) is 11.1. The third kappa shape index (κ3) is 4.95. The fourth-order valence-electron chi connectivity index (χ4n) is 6.86. The van der Waals surface area contributed by atoms with Crippen molar-refractivity contribution in [2.75, 3.05) is 0 Å². The van der Waals surface area contributed by atoms with E-state index in [-0.39, 0.29) is 5.41 Å². The molecule has 1 heteroatoms. The quantitative estimate of drug-likeness (QED) is 0.186. The molecule has 8 aromatic rings. The van der Waals surface area contributed by atoms with Crippen molar-refractivity contribution in [2.24, 2.45) is 0 Å². The molecule has 0 fully saturated rings. The van der Waals surface area contributed by atoms with Crippen LogP contribution >= 0.6 is 0 Å². The van der Waals surface area contributed by atoms with Gasteiger partial charge in [-0.25, -0.2) is 0 Å². The minimum absolute atomic E-state index is 0.0763. The second-order valence-corrected chi connectivity index (χ2v) is 13.3. The Morgan fingerprint density at radius 3 is 1.46 bits per heavy atom. The molecule has 1 heterocycles. The second-order valence-electron chi connectivity index (χ2n) is 13.3. The van der Waals surface area contributed by atoms with Crippen molar-refractivity contribution in [3.8, 4) is 44.5 Å². The van der Waals surface area contributed by atoms with Gasteiger partial charge in [0.05, 0.1) is 0 Å². The van der Waals surface area contributed by atoms with Crippen LogP contribution in [0.1, 0.15) is 26.3 Å². The first kappa shape index (κ1) is 28.0. The zero-order chi connectivity index (χ0) is 31.3. The van der Waals surface area contributed by atoms with Gasteiger partial charge in [0.15, 0.2) is 0 Å². The Bertz CT molecular complexity index is 2320. The zero-order valence-corrected chi connectivity index (χ0v) is 26.5. The van der Waals surface area contributed by atoms with Crippen LogP contribution in [-0.2, 0) is 5.41 Å². The molecule has 0 aliphatic rings. The van der Waals surface area contributed by atoms with Gasteiger partial charge in [0.2, 0.25) is 0 Å². The normalized spacial score (nSPS) is 11.8. The molecule has 0 unspecified atom stereocenters. The Kier molecular flexibility index (Phi) is 6.76. The Morgan fingerprint density at radius 1 is 0.391 bits per heavy atom. The van der Waals surface area contributed by atoms with E-state index in [1.54, 1.807) is 0 Å². The van der Waals surface area contributed by atoms with Gasteiger partial charge < -0.3 is 0 Å². The van der Waals surface area contributed by atoms with E-state index in [2.05, 4.69) is 165 Å². The number of aromatic nitrogens is 1. The number of benzene rings is 7. The SMILES string of the molecule is CC(C)(C)c1cccc(-c2c3ccccc3c(-c3ccc4ccc(-c5ccc(-c6cccnc6)cc5)cc4c3)c3ccccc23)c1. The molecule has 8 rings (SSSR count). The van der Waals surface area contributed by atoms with Crippen LogP contribution in [0.4, 0.5) is 0 Å². The van der Waals surface area contributed by atoms with Gasteiger partial charge in [0, 0.05) is 12.4 Å². The number of rotatable bonds is 4. The zero-order valence-electron chi connectivity index (χ0n) is 26.5. The summed E-state index contributed by atoms with van der Waals surface area (Å²) >= 11 is 0. The summed E-state index contributed by atoms with van der Waals surface area (Å²) in [5.41, 5.74) is 11.2. The van der Waals surface area contributed by atoms with E-state index in [1.807, 2.05) is 18.5 Å². The summed E-state index contributed by atoms with van der Waals surface area (Å²) in [7, 11) is 0. The van der Waals surface area contributed by atoms with Crippen LogP contribution in [0.3, 0.4) is 0 Å². The minimum atomic E-state index is 0.0763. The van der Waals surface area contributed by atoms with Gasteiger partial charge in [-0.2, -0.15) is 0 Å². The summed E-state index contributed by atoms with van der Waals surface area (Å²) in [6.07, 6.45) is 3.72. The number of pyridine rings is 1. The van der Waals surface area contributed by atoms with Crippen LogP contribution in [0, 0.1) is 0 Å². The van der Waals surface area contributed by atoms with Crippen molar-refractivity contribution < 1.29 is 0 Å². The summed E-state index contributed by atoms with van der Waals surface area (Å²) < 4.78 is 0. The Morgan fingerprint density at radius 2 is 0.891 bits per heavy atom. The molecule has 1 nitrogen and oxygen atoms in total. The highest BCUT2D eigenvalue weighted by molar-refractivity contribution is 6.21. The summed E-state index contributed by atoms with van der Waals surface area (Å²) in [5, 5.41) is 7.59. The average molecular weight is 590 g/mol. The van der Waals surface area contributed by atoms with E-state index in [4.69, 9.17) is 0 Å². The van der Waals surface area contributed by atoms with Gasteiger partial charge in [0.1, 0.15) is 0 Å². The maximum absolute atomic E-state index is 4.28. The van der Waals surface area contributed by atoms with Crippen LogP contribution < -0.4 is 0 Å². The lowest BCUT2D eigenvalue weighted by molar-refractivity contribution is 0.590. The average Bonchev–Trinajstić information content (AvgIpc) is 3.10. The first-order valence-electron chi connectivity index (χ1n) is 16.0. The Labute approximate surface area is 270 Å². The summed E-state index contributed by atoms with van der Waals surface area (Å²) in [6, 6.07) is 53.6. The highest BCUT2D eigenvalue weighted by Gasteiger charge is 2.19. The van der Waals surface area contributed by atoms with Gasteiger partial charge in [-0.05, 0) is 106 Å². The van der Waals surface area contributed by atoms with E-state index in [1.165, 1.54) is 76.8 Å². The maximum atomic E-state index is 4.28. The fourth-order valence-corrected chi connectivity index (χ4v) is 6.86. The topological polar surface area (TPSA) is 12.9 Å². The molecule has 0 bridgehead atoms. The van der Waals surface area contributed by atoms with Gasteiger partial charge in [-0.3, -0.25) is 4.98 Å². The number of hydrogen-bond acceptors (Lipinski definition) is 1. The lowest BCUT2D eigenvalue weighted by atomic mass is 9.82. The van der Waals surface area contributed by atoms with E-state index >= 15 is 0 Å². The molecule has 0 atom stereocenters. The molecule has 0 aliphatic carbocycles. The van der Waals surface area contributed by atoms with Gasteiger partial charge in [0.25, 0.3) is 0 Å². The minimum Gasteiger partial charge on any atom is -0.264 e. The van der Waals surface area contributed by atoms with E-state index in [0.717, 1.165) is 5.56 Å². The maximum Gasteiger partial charge on any atom is 0.0346 e. The molecule has 46 heavy (non-hydrogen) atoms. The molecule has 0 radical (unpaired) electrons. The van der Waals surface area contributed by atoms with Crippen LogP contribution in [0.2, 0.25) is 0 Å². The van der Waals surface area contributed by atoms with Crippen molar-refractivity contribution in [1.82, 2.24) is 4.98 Å². The number of nitrogens with zero attached hydrogens (tertiary/aromatic N) is 1.